The first-order valence-corrected chi connectivity index (χ1v) is 9.41. The van der Waals surface area contributed by atoms with Crippen LogP contribution in [-0.2, 0) is 10.5 Å². The van der Waals surface area contributed by atoms with Crippen molar-refractivity contribution in [3.05, 3.63) is 75.9 Å². The molecule has 25 heavy (non-hydrogen) atoms. The van der Waals surface area contributed by atoms with Gasteiger partial charge >= 0.3 is 0 Å². The molecule has 0 aromatic heterocycles. The van der Waals surface area contributed by atoms with Crippen molar-refractivity contribution in [2.45, 2.75) is 5.75 Å². The minimum Gasteiger partial charge on any atom is -0.545 e. The van der Waals surface area contributed by atoms with Crippen LogP contribution in [0.2, 0.25) is 5.02 Å². The van der Waals surface area contributed by atoms with Crippen LogP contribution in [0.15, 0.2) is 59.2 Å². The van der Waals surface area contributed by atoms with E-state index in [1.54, 1.807) is 18.2 Å². The average molecular weight is 389 g/mol. The van der Waals surface area contributed by atoms with E-state index in [0.717, 1.165) is 17.3 Å². The molecule has 1 aliphatic heterocycles. The van der Waals surface area contributed by atoms with Crippen molar-refractivity contribution in [1.29, 1.82) is 0 Å². The molecule has 0 aliphatic carbocycles. The van der Waals surface area contributed by atoms with Crippen LogP contribution >= 0.6 is 35.1 Å². The van der Waals surface area contributed by atoms with Gasteiger partial charge < -0.3 is 9.90 Å². The van der Waals surface area contributed by atoms with Crippen LogP contribution in [0.3, 0.4) is 0 Å². The third kappa shape index (κ3) is 4.54. The molecule has 0 radical (unpaired) electrons. The summed E-state index contributed by atoms with van der Waals surface area (Å²) >= 11 is 8.67. The summed E-state index contributed by atoms with van der Waals surface area (Å²) in [6.45, 7) is 0. The highest BCUT2D eigenvalue weighted by Crippen LogP contribution is 2.33. The number of hydrogen-bond acceptors (Lipinski definition) is 6. The molecule has 0 N–H and O–H groups in total. The Hall–Kier alpha value is -2.02. The fourth-order valence-corrected chi connectivity index (χ4v) is 4.21. The molecule has 0 spiro atoms. The number of thioether (sulfide) groups is 2. The molecule has 0 bridgehead atoms. The Bertz CT molecular complexity index is 891. The van der Waals surface area contributed by atoms with Gasteiger partial charge in [-0.3, -0.25) is 4.79 Å². The van der Waals surface area contributed by atoms with Crippen LogP contribution in [0.5, 0.6) is 0 Å². The molecule has 0 unspecified atom stereocenters. The van der Waals surface area contributed by atoms with Gasteiger partial charge in [-0.25, -0.2) is 4.99 Å². The number of rotatable bonds is 4. The van der Waals surface area contributed by atoms with Crippen molar-refractivity contribution in [2.24, 2.45) is 4.99 Å². The molecule has 7 heteroatoms. The minimum atomic E-state index is -1.23. The summed E-state index contributed by atoms with van der Waals surface area (Å²) in [6, 6.07) is 13.6. The standard InChI is InChI=1S/C18H12ClNO3S2/c19-14-4-2-1-3-13(14)10-24-18-20-15(17(23)25-18)9-11-5-7-12(8-6-11)16(21)22/h1-9H,10H2,(H,21,22)/p-1/b15-9+. The molecular weight excluding hydrogens is 378 g/mol. The average Bonchev–Trinajstić information content (AvgIpc) is 2.94. The molecule has 1 aliphatic rings. The van der Waals surface area contributed by atoms with Crippen molar-refractivity contribution in [3.63, 3.8) is 0 Å². The molecule has 3 rings (SSSR count). The molecule has 126 valence electrons. The van der Waals surface area contributed by atoms with Crippen LogP contribution in [-0.4, -0.2) is 15.5 Å². The van der Waals surface area contributed by atoms with Crippen molar-refractivity contribution in [3.8, 4) is 0 Å². The maximum Gasteiger partial charge on any atom is 0.244 e. The van der Waals surface area contributed by atoms with Crippen molar-refractivity contribution < 1.29 is 14.7 Å². The predicted octanol–water partition coefficient (Wildman–Crippen LogP) is 3.61. The van der Waals surface area contributed by atoms with Crippen LogP contribution < -0.4 is 5.11 Å². The number of hydrogen-bond donors (Lipinski definition) is 0. The van der Waals surface area contributed by atoms with Gasteiger partial charge in [-0.05, 0) is 40.6 Å². The molecule has 4 nitrogen and oxygen atoms in total. The highest BCUT2D eigenvalue weighted by molar-refractivity contribution is 8.45. The van der Waals surface area contributed by atoms with Gasteiger partial charge in [-0.1, -0.05) is 65.8 Å². The van der Waals surface area contributed by atoms with E-state index >= 15 is 0 Å². The molecule has 0 fully saturated rings. The number of carboxylic acid groups (broad SMARTS) is 1. The summed E-state index contributed by atoms with van der Waals surface area (Å²) in [6.07, 6.45) is 1.64. The Kier molecular flexibility index (Phi) is 5.63. The van der Waals surface area contributed by atoms with Gasteiger partial charge in [-0.15, -0.1) is 0 Å². The molecule has 2 aromatic carbocycles. The van der Waals surface area contributed by atoms with Crippen molar-refractivity contribution in [2.75, 3.05) is 0 Å². The first kappa shape index (κ1) is 17.8. The Morgan fingerprint density at radius 1 is 1.20 bits per heavy atom. The third-order valence-corrected chi connectivity index (χ3v) is 5.79. The number of aliphatic imine (C=N–C) groups is 1. The second kappa shape index (κ2) is 7.91. The van der Waals surface area contributed by atoms with Gasteiger partial charge in [0.05, 0.1) is 5.97 Å². The smallest absolute Gasteiger partial charge is 0.244 e. The molecule has 0 atom stereocenters. The lowest BCUT2D eigenvalue weighted by atomic mass is 10.1. The normalized spacial score (nSPS) is 15.5. The second-order valence-corrected chi connectivity index (χ2v) is 7.68. The number of carboxylic acids is 1. The summed E-state index contributed by atoms with van der Waals surface area (Å²) in [5, 5.41) is 11.3. The Balaban J connectivity index is 1.71. The molecule has 2 aromatic rings. The fraction of sp³-hybridized carbons (Fsp3) is 0.0556. The number of carbonyl (C=O) groups is 2. The van der Waals surface area contributed by atoms with E-state index in [-0.39, 0.29) is 10.7 Å². The van der Waals surface area contributed by atoms with E-state index < -0.39 is 5.97 Å². The predicted molar refractivity (Wildman–Crippen MR) is 102 cm³/mol. The highest BCUT2D eigenvalue weighted by atomic mass is 35.5. The summed E-state index contributed by atoms with van der Waals surface area (Å²) in [5.41, 5.74) is 2.12. The van der Waals surface area contributed by atoms with Gasteiger partial charge in [0.1, 0.15) is 10.1 Å². The van der Waals surface area contributed by atoms with Crippen molar-refractivity contribution >= 4 is 56.7 Å². The van der Waals surface area contributed by atoms with Gasteiger partial charge in [0.15, 0.2) is 0 Å². The molecule has 0 saturated carbocycles. The number of benzene rings is 2. The van der Waals surface area contributed by atoms with E-state index in [1.165, 1.54) is 23.9 Å². The van der Waals surface area contributed by atoms with E-state index in [2.05, 4.69) is 4.99 Å². The number of aromatic carboxylic acids is 1. The van der Waals surface area contributed by atoms with Crippen LogP contribution in [0.25, 0.3) is 6.08 Å². The number of halogens is 1. The van der Waals surface area contributed by atoms with Crippen LogP contribution in [0, 0.1) is 0 Å². The zero-order valence-corrected chi connectivity index (χ0v) is 15.2. The Labute approximate surface area is 158 Å². The second-order valence-electron chi connectivity index (χ2n) is 5.09. The maximum absolute atomic E-state index is 12.1. The lowest BCUT2D eigenvalue weighted by Crippen LogP contribution is -2.21. The van der Waals surface area contributed by atoms with E-state index in [4.69, 9.17) is 11.6 Å². The van der Waals surface area contributed by atoms with Gasteiger partial charge in [0, 0.05) is 10.8 Å². The lowest BCUT2D eigenvalue weighted by molar-refractivity contribution is -0.255. The maximum atomic E-state index is 12.1. The number of carbonyl (C=O) groups excluding carboxylic acids is 2. The molecule has 0 amide bonds. The van der Waals surface area contributed by atoms with Crippen LogP contribution in [0.4, 0.5) is 0 Å². The SMILES string of the molecule is O=C1SC(SCc2ccccc2Cl)=N/C1=C/c1ccc(C(=O)[O-])cc1. The van der Waals surface area contributed by atoms with E-state index in [9.17, 15) is 14.7 Å². The first-order chi connectivity index (χ1) is 12.0. The van der Waals surface area contributed by atoms with Crippen LogP contribution in [0.1, 0.15) is 21.5 Å². The van der Waals surface area contributed by atoms with Crippen molar-refractivity contribution in [1.82, 2.24) is 0 Å². The zero-order valence-electron chi connectivity index (χ0n) is 12.8. The first-order valence-electron chi connectivity index (χ1n) is 7.23. The largest absolute Gasteiger partial charge is 0.545 e. The quantitative estimate of drug-likeness (QED) is 0.748. The summed E-state index contributed by atoms with van der Waals surface area (Å²) < 4.78 is 0.669. The fourth-order valence-electron chi connectivity index (χ4n) is 2.08. The lowest BCUT2D eigenvalue weighted by Gasteiger charge is -2.02. The Morgan fingerprint density at radius 3 is 2.60 bits per heavy atom. The van der Waals surface area contributed by atoms with Gasteiger partial charge in [-0.2, -0.15) is 0 Å². The monoisotopic (exact) mass is 388 g/mol. The molecule has 0 saturated heterocycles. The summed E-state index contributed by atoms with van der Waals surface area (Å²) in [4.78, 5) is 27.2. The summed E-state index contributed by atoms with van der Waals surface area (Å²) in [7, 11) is 0. The van der Waals surface area contributed by atoms with Gasteiger partial charge in [0.25, 0.3) is 0 Å². The molecule has 1 heterocycles. The zero-order chi connectivity index (χ0) is 17.8. The third-order valence-electron chi connectivity index (χ3n) is 3.36. The highest BCUT2D eigenvalue weighted by Gasteiger charge is 2.22. The number of nitrogens with zero attached hydrogens (tertiary/aromatic N) is 1. The topological polar surface area (TPSA) is 69.6 Å². The minimum absolute atomic E-state index is 0.0914. The van der Waals surface area contributed by atoms with Gasteiger partial charge in [0.2, 0.25) is 5.12 Å². The van der Waals surface area contributed by atoms with E-state index in [0.29, 0.717) is 26.4 Å². The Morgan fingerprint density at radius 2 is 1.92 bits per heavy atom. The molecular formula is C18H11ClNO3S2-. The van der Waals surface area contributed by atoms with E-state index in [1.807, 2.05) is 24.3 Å². The summed E-state index contributed by atoms with van der Waals surface area (Å²) in [5.74, 6) is -0.602.